The standard InChI is InChI=1S/C13H13F2N3O2S/c1-18(8-9-4-6-17-7-5-9)21(19,20)11-3-2-10(14)13(16)12(11)15/h2-7H,8,16H2,1H3. The molecule has 1 aromatic heterocycles. The number of pyridine rings is 1. The van der Waals surface area contributed by atoms with E-state index >= 15 is 0 Å². The van der Waals surface area contributed by atoms with Crippen LogP contribution in [0.5, 0.6) is 0 Å². The van der Waals surface area contributed by atoms with Gasteiger partial charge in [0.25, 0.3) is 0 Å². The van der Waals surface area contributed by atoms with E-state index in [4.69, 9.17) is 5.73 Å². The average molecular weight is 313 g/mol. The zero-order chi connectivity index (χ0) is 15.6. The average Bonchev–Trinajstić information content (AvgIpc) is 2.45. The van der Waals surface area contributed by atoms with Crippen molar-refractivity contribution < 1.29 is 17.2 Å². The Morgan fingerprint density at radius 3 is 2.43 bits per heavy atom. The zero-order valence-corrected chi connectivity index (χ0v) is 11.9. The van der Waals surface area contributed by atoms with Crippen LogP contribution in [0.1, 0.15) is 5.56 Å². The molecule has 0 fully saturated rings. The van der Waals surface area contributed by atoms with Crippen LogP contribution in [0.15, 0.2) is 41.6 Å². The monoisotopic (exact) mass is 313 g/mol. The summed E-state index contributed by atoms with van der Waals surface area (Å²) in [6.07, 6.45) is 3.04. The second-order valence-electron chi connectivity index (χ2n) is 4.39. The summed E-state index contributed by atoms with van der Waals surface area (Å²) in [5.74, 6) is -2.28. The third kappa shape index (κ3) is 3.01. The van der Waals surface area contributed by atoms with Crippen LogP contribution in [0.3, 0.4) is 0 Å². The van der Waals surface area contributed by atoms with E-state index in [0.29, 0.717) is 5.56 Å². The number of nitrogen functional groups attached to an aromatic ring is 1. The maximum absolute atomic E-state index is 13.9. The highest BCUT2D eigenvalue weighted by Gasteiger charge is 2.26. The van der Waals surface area contributed by atoms with Crippen LogP contribution in [0.25, 0.3) is 0 Å². The number of anilines is 1. The van der Waals surface area contributed by atoms with Crippen molar-refractivity contribution in [3.63, 3.8) is 0 Å². The highest BCUT2D eigenvalue weighted by atomic mass is 32.2. The van der Waals surface area contributed by atoms with E-state index in [1.165, 1.54) is 19.4 Å². The van der Waals surface area contributed by atoms with Crippen LogP contribution < -0.4 is 5.73 Å². The van der Waals surface area contributed by atoms with Gasteiger partial charge in [-0.1, -0.05) is 0 Å². The first kappa shape index (κ1) is 15.3. The Hall–Kier alpha value is -2.06. The fraction of sp³-hybridized carbons (Fsp3) is 0.154. The van der Waals surface area contributed by atoms with Gasteiger partial charge in [0.2, 0.25) is 10.0 Å². The Balaban J connectivity index is 2.36. The number of nitrogens with two attached hydrogens (primary N) is 1. The van der Waals surface area contributed by atoms with Gasteiger partial charge in [0.15, 0.2) is 5.82 Å². The molecule has 2 aromatic rings. The molecule has 0 aliphatic heterocycles. The summed E-state index contributed by atoms with van der Waals surface area (Å²) < 4.78 is 52.6. The topological polar surface area (TPSA) is 76.3 Å². The maximum atomic E-state index is 13.9. The number of benzene rings is 1. The summed E-state index contributed by atoms with van der Waals surface area (Å²) in [5, 5.41) is 0. The van der Waals surface area contributed by atoms with Crippen molar-refractivity contribution in [1.29, 1.82) is 0 Å². The summed E-state index contributed by atoms with van der Waals surface area (Å²) in [7, 11) is -2.82. The molecular formula is C13H13F2N3O2S. The second-order valence-corrected chi connectivity index (χ2v) is 6.40. The van der Waals surface area contributed by atoms with E-state index in [1.54, 1.807) is 12.1 Å². The molecular weight excluding hydrogens is 300 g/mol. The summed E-state index contributed by atoms with van der Waals surface area (Å²) in [5.41, 5.74) is 5.07. The van der Waals surface area contributed by atoms with Gasteiger partial charge < -0.3 is 5.73 Å². The van der Waals surface area contributed by atoms with E-state index in [2.05, 4.69) is 4.98 Å². The summed E-state index contributed by atoms with van der Waals surface area (Å²) in [4.78, 5) is 3.17. The Labute approximate surface area is 121 Å². The number of aromatic nitrogens is 1. The second kappa shape index (κ2) is 5.74. The number of hydrogen-bond acceptors (Lipinski definition) is 4. The van der Waals surface area contributed by atoms with Gasteiger partial charge in [0.1, 0.15) is 16.4 Å². The van der Waals surface area contributed by atoms with Crippen LogP contribution in [-0.4, -0.2) is 24.8 Å². The molecule has 0 amide bonds. The molecule has 0 saturated carbocycles. The lowest BCUT2D eigenvalue weighted by Gasteiger charge is -2.18. The minimum absolute atomic E-state index is 0.0293. The molecule has 2 rings (SSSR count). The molecule has 0 atom stereocenters. The van der Waals surface area contributed by atoms with Gasteiger partial charge in [-0.15, -0.1) is 0 Å². The van der Waals surface area contributed by atoms with Crippen LogP contribution >= 0.6 is 0 Å². The number of rotatable bonds is 4. The highest BCUT2D eigenvalue weighted by molar-refractivity contribution is 7.89. The summed E-state index contributed by atoms with van der Waals surface area (Å²) >= 11 is 0. The molecule has 1 aromatic carbocycles. The molecule has 0 saturated heterocycles. The highest BCUT2D eigenvalue weighted by Crippen LogP contribution is 2.25. The lowest BCUT2D eigenvalue weighted by atomic mass is 10.3. The SMILES string of the molecule is CN(Cc1ccncc1)S(=O)(=O)c1ccc(F)c(N)c1F. The minimum atomic E-state index is -4.12. The molecule has 1 heterocycles. The predicted molar refractivity (Wildman–Crippen MR) is 73.7 cm³/mol. The molecule has 8 heteroatoms. The van der Waals surface area contributed by atoms with E-state index < -0.39 is 32.2 Å². The molecule has 0 aliphatic carbocycles. The third-order valence-corrected chi connectivity index (χ3v) is 4.75. The Kier molecular flexibility index (Phi) is 4.19. The fourth-order valence-corrected chi connectivity index (χ4v) is 2.98. The Morgan fingerprint density at radius 2 is 1.81 bits per heavy atom. The van der Waals surface area contributed by atoms with Crippen molar-refractivity contribution in [3.05, 3.63) is 53.9 Å². The van der Waals surface area contributed by atoms with Crippen molar-refractivity contribution >= 4 is 15.7 Å². The van der Waals surface area contributed by atoms with Gasteiger partial charge in [-0.25, -0.2) is 17.2 Å². The molecule has 0 aliphatic rings. The predicted octanol–water partition coefficient (Wildman–Crippen LogP) is 1.76. The lowest BCUT2D eigenvalue weighted by Crippen LogP contribution is -2.27. The van der Waals surface area contributed by atoms with Gasteiger partial charge in [-0.3, -0.25) is 4.98 Å². The quantitative estimate of drug-likeness (QED) is 0.873. The largest absolute Gasteiger partial charge is 0.394 e. The summed E-state index contributed by atoms with van der Waals surface area (Å²) in [6.45, 7) is 0.0293. The number of halogens is 2. The Morgan fingerprint density at radius 1 is 1.19 bits per heavy atom. The van der Waals surface area contributed by atoms with Crippen molar-refractivity contribution in [3.8, 4) is 0 Å². The molecule has 0 bridgehead atoms. The molecule has 21 heavy (non-hydrogen) atoms. The molecule has 112 valence electrons. The maximum Gasteiger partial charge on any atom is 0.246 e. The van der Waals surface area contributed by atoms with E-state index in [1.807, 2.05) is 0 Å². The van der Waals surface area contributed by atoms with Crippen molar-refractivity contribution in [2.45, 2.75) is 11.4 Å². The first-order valence-electron chi connectivity index (χ1n) is 5.92. The molecule has 0 spiro atoms. The molecule has 2 N–H and O–H groups in total. The number of nitrogens with zero attached hydrogens (tertiary/aromatic N) is 2. The molecule has 0 unspecified atom stereocenters. The van der Waals surface area contributed by atoms with Crippen molar-refractivity contribution in [1.82, 2.24) is 9.29 Å². The number of hydrogen-bond donors (Lipinski definition) is 1. The van der Waals surface area contributed by atoms with Gasteiger partial charge in [0.05, 0.1) is 0 Å². The first-order chi connectivity index (χ1) is 9.84. The zero-order valence-electron chi connectivity index (χ0n) is 11.1. The van der Waals surface area contributed by atoms with E-state index in [9.17, 15) is 17.2 Å². The van der Waals surface area contributed by atoms with Gasteiger partial charge in [-0.05, 0) is 29.8 Å². The number of sulfonamides is 1. The van der Waals surface area contributed by atoms with Gasteiger partial charge in [0, 0.05) is 26.0 Å². The van der Waals surface area contributed by atoms with Crippen LogP contribution in [0, 0.1) is 11.6 Å². The van der Waals surface area contributed by atoms with Crippen LogP contribution in [0.4, 0.5) is 14.5 Å². The minimum Gasteiger partial charge on any atom is -0.394 e. The van der Waals surface area contributed by atoms with Crippen LogP contribution in [-0.2, 0) is 16.6 Å². The first-order valence-corrected chi connectivity index (χ1v) is 7.36. The third-order valence-electron chi connectivity index (χ3n) is 2.93. The van der Waals surface area contributed by atoms with Crippen LogP contribution in [0.2, 0.25) is 0 Å². The lowest BCUT2D eigenvalue weighted by molar-refractivity contribution is 0.459. The smallest absolute Gasteiger partial charge is 0.246 e. The van der Waals surface area contributed by atoms with Crippen molar-refractivity contribution in [2.24, 2.45) is 0 Å². The fourth-order valence-electron chi connectivity index (χ4n) is 1.75. The summed E-state index contributed by atoms with van der Waals surface area (Å²) in [6, 6.07) is 4.97. The molecule has 0 radical (unpaired) electrons. The van der Waals surface area contributed by atoms with Gasteiger partial charge >= 0.3 is 0 Å². The Bertz CT molecular complexity index is 752. The van der Waals surface area contributed by atoms with E-state index in [0.717, 1.165) is 16.4 Å². The van der Waals surface area contributed by atoms with Gasteiger partial charge in [-0.2, -0.15) is 4.31 Å². The normalized spacial score (nSPS) is 11.8. The molecule has 5 nitrogen and oxygen atoms in total. The van der Waals surface area contributed by atoms with Crippen molar-refractivity contribution in [2.75, 3.05) is 12.8 Å². The van der Waals surface area contributed by atoms with E-state index in [-0.39, 0.29) is 6.54 Å².